The van der Waals surface area contributed by atoms with Gasteiger partial charge >= 0.3 is 0 Å². The zero-order valence-corrected chi connectivity index (χ0v) is 14.3. The van der Waals surface area contributed by atoms with Gasteiger partial charge in [-0.3, -0.25) is 19.8 Å². The summed E-state index contributed by atoms with van der Waals surface area (Å²) >= 11 is 0. The van der Waals surface area contributed by atoms with Gasteiger partial charge in [-0.15, -0.1) is 0 Å². The molecule has 0 spiro atoms. The van der Waals surface area contributed by atoms with Crippen molar-refractivity contribution in [3.63, 3.8) is 0 Å². The molecule has 1 unspecified atom stereocenters. The molecule has 2 rings (SSSR count). The van der Waals surface area contributed by atoms with Crippen molar-refractivity contribution in [1.82, 2.24) is 10.2 Å². The van der Waals surface area contributed by atoms with Crippen molar-refractivity contribution >= 4 is 21.4 Å². The second-order valence-corrected chi connectivity index (χ2v) is 8.31. The number of amides is 1. The summed E-state index contributed by atoms with van der Waals surface area (Å²) in [5.41, 5.74) is 1.01. The van der Waals surface area contributed by atoms with Crippen LogP contribution in [0.3, 0.4) is 0 Å². The number of nitrogens with zero attached hydrogens (tertiary/aromatic N) is 2. The summed E-state index contributed by atoms with van der Waals surface area (Å²) in [6, 6.07) is 6.04. The van der Waals surface area contributed by atoms with E-state index in [0.29, 0.717) is 19.4 Å². The molecule has 8 nitrogen and oxygen atoms in total. The highest BCUT2D eigenvalue weighted by Crippen LogP contribution is 2.13. The molecule has 1 fully saturated rings. The van der Waals surface area contributed by atoms with Crippen molar-refractivity contribution in [2.75, 3.05) is 31.6 Å². The molecule has 1 aliphatic heterocycles. The molecule has 1 amide bonds. The van der Waals surface area contributed by atoms with Gasteiger partial charge in [0.2, 0.25) is 5.91 Å². The lowest BCUT2D eigenvalue weighted by molar-refractivity contribution is -0.384. The van der Waals surface area contributed by atoms with E-state index in [1.54, 1.807) is 19.2 Å². The van der Waals surface area contributed by atoms with Crippen LogP contribution in [0.15, 0.2) is 24.3 Å². The minimum atomic E-state index is -3.00. The van der Waals surface area contributed by atoms with Crippen molar-refractivity contribution in [3.8, 4) is 0 Å². The van der Waals surface area contributed by atoms with Crippen LogP contribution in [0.2, 0.25) is 0 Å². The van der Waals surface area contributed by atoms with E-state index in [9.17, 15) is 23.3 Å². The maximum atomic E-state index is 11.9. The first-order valence-corrected chi connectivity index (χ1v) is 9.49. The van der Waals surface area contributed by atoms with Crippen LogP contribution in [0.5, 0.6) is 0 Å². The highest BCUT2D eigenvalue weighted by molar-refractivity contribution is 7.91. The highest BCUT2D eigenvalue weighted by atomic mass is 32.2. The molecule has 1 heterocycles. The van der Waals surface area contributed by atoms with Gasteiger partial charge in [0, 0.05) is 24.7 Å². The lowest BCUT2D eigenvalue weighted by atomic mass is 10.1. The smallest absolute Gasteiger partial charge is 0.269 e. The van der Waals surface area contributed by atoms with Gasteiger partial charge in [-0.25, -0.2) is 8.42 Å². The number of carbonyl (C=O) groups is 1. The number of sulfone groups is 1. The van der Waals surface area contributed by atoms with Crippen molar-refractivity contribution in [2.45, 2.75) is 18.9 Å². The predicted molar refractivity (Wildman–Crippen MR) is 89.5 cm³/mol. The summed E-state index contributed by atoms with van der Waals surface area (Å²) in [7, 11) is -1.20. The Morgan fingerprint density at radius 3 is 2.58 bits per heavy atom. The Bertz CT molecular complexity index is 702. The molecular formula is C15H21N3O5S. The molecule has 1 atom stereocenters. The molecule has 1 N–H and O–H groups in total. The molecule has 132 valence electrons. The minimum Gasteiger partial charge on any atom is -0.351 e. The first-order valence-electron chi connectivity index (χ1n) is 7.67. The second-order valence-electron chi connectivity index (χ2n) is 6.08. The third kappa shape index (κ3) is 5.57. The number of nitrogens with one attached hydrogen (secondary N) is 1. The monoisotopic (exact) mass is 355 g/mol. The average molecular weight is 355 g/mol. The predicted octanol–water partition coefficient (Wildman–Crippen LogP) is 0.372. The maximum absolute atomic E-state index is 11.9. The van der Waals surface area contributed by atoms with Crippen LogP contribution in [0.25, 0.3) is 0 Å². The molecule has 1 aromatic rings. The summed E-state index contributed by atoms with van der Waals surface area (Å²) in [6.45, 7) is 0.803. The number of rotatable bonds is 7. The lowest BCUT2D eigenvalue weighted by Gasteiger charge is -2.18. The highest BCUT2D eigenvalue weighted by Gasteiger charge is 2.28. The zero-order chi connectivity index (χ0) is 17.7. The van der Waals surface area contributed by atoms with E-state index >= 15 is 0 Å². The number of benzene rings is 1. The average Bonchev–Trinajstić information content (AvgIpc) is 2.84. The fourth-order valence-corrected chi connectivity index (χ4v) is 4.28. The molecule has 0 saturated carbocycles. The Kier molecular flexibility index (Phi) is 5.89. The molecular weight excluding hydrogens is 334 g/mol. The van der Waals surface area contributed by atoms with E-state index < -0.39 is 14.8 Å². The second kappa shape index (κ2) is 7.71. The Morgan fingerprint density at radius 1 is 1.38 bits per heavy atom. The Balaban J connectivity index is 1.73. The molecule has 0 aromatic heterocycles. The van der Waals surface area contributed by atoms with Gasteiger partial charge in [0.25, 0.3) is 5.69 Å². The third-order valence-corrected chi connectivity index (χ3v) is 5.71. The maximum Gasteiger partial charge on any atom is 0.269 e. The summed E-state index contributed by atoms with van der Waals surface area (Å²) in [5.74, 6) is -0.0394. The summed E-state index contributed by atoms with van der Waals surface area (Å²) in [5, 5.41) is 13.3. The first kappa shape index (κ1) is 18.3. The molecule has 0 radical (unpaired) electrons. The number of hydrogen-bond acceptors (Lipinski definition) is 6. The van der Waals surface area contributed by atoms with E-state index in [1.165, 1.54) is 12.1 Å². The molecule has 1 aliphatic rings. The van der Waals surface area contributed by atoms with Gasteiger partial charge in [-0.1, -0.05) is 12.1 Å². The van der Waals surface area contributed by atoms with E-state index in [-0.39, 0.29) is 35.7 Å². The summed E-state index contributed by atoms with van der Waals surface area (Å²) in [6.07, 6.45) is 1.14. The van der Waals surface area contributed by atoms with Gasteiger partial charge in [0.05, 0.1) is 23.0 Å². The van der Waals surface area contributed by atoms with Crippen LogP contribution in [0.4, 0.5) is 5.69 Å². The van der Waals surface area contributed by atoms with Crippen LogP contribution >= 0.6 is 0 Å². The van der Waals surface area contributed by atoms with Gasteiger partial charge in [-0.05, 0) is 25.5 Å². The zero-order valence-electron chi connectivity index (χ0n) is 13.5. The van der Waals surface area contributed by atoms with Crippen LogP contribution in [0, 0.1) is 10.1 Å². The molecule has 1 aromatic carbocycles. The van der Waals surface area contributed by atoms with Crippen molar-refractivity contribution < 1.29 is 18.1 Å². The quantitative estimate of drug-likeness (QED) is 0.559. The normalized spacial score (nSPS) is 19.3. The lowest BCUT2D eigenvalue weighted by Crippen LogP contribution is -2.42. The molecule has 24 heavy (non-hydrogen) atoms. The number of hydrogen-bond donors (Lipinski definition) is 1. The van der Waals surface area contributed by atoms with Gasteiger partial charge in [-0.2, -0.15) is 0 Å². The molecule has 1 saturated heterocycles. The number of nitro groups is 1. The van der Waals surface area contributed by atoms with Crippen molar-refractivity contribution in [3.05, 3.63) is 39.9 Å². The number of nitro benzene ring substituents is 1. The topological polar surface area (TPSA) is 110 Å². The van der Waals surface area contributed by atoms with Gasteiger partial charge in [0.1, 0.15) is 0 Å². The first-order chi connectivity index (χ1) is 11.2. The molecule has 0 bridgehead atoms. The van der Waals surface area contributed by atoms with E-state index in [4.69, 9.17) is 0 Å². The number of likely N-dealkylation sites (N-methyl/N-ethyl adjacent to an activating group) is 1. The number of carbonyl (C=O) groups excluding carboxylic acids is 1. The van der Waals surface area contributed by atoms with E-state index in [2.05, 4.69) is 5.32 Å². The molecule has 9 heteroatoms. The van der Waals surface area contributed by atoms with Crippen LogP contribution in [-0.4, -0.2) is 61.8 Å². The fraction of sp³-hybridized carbons (Fsp3) is 0.533. The van der Waals surface area contributed by atoms with Crippen molar-refractivity contribution in [2.24, 2.45) is 0 Å². The number of non-ortho nitro benzene ring substituents is 1. The molecule has 0 aliphatic carbocycles. The standard InChI is InChI=1S/C15H21N3O5S/c1-17(8-6-12-2-4-14(5-3-12)18(20)21)10-15(19)16-13-7-9-24(22,23)11-13/h2-5,13H,6-11H2,1H3,(H,16,19). The fourth-order valence-electron chi connectivity index (χ4n) is 2.61. The van der Waals surface area contributed by atoms with Gasteiger partial charge in [0.15, 0.2) is 9.84 Å². The summed E-state index contributed by atoms with van der Waals surface area (Å²) in [4.78, 5) is 23.9. The van der Waals surface area contributed by atoms with Crippen molar-refractivity contribution in [1.29, 1.82) is 0 Å². The third-order valence-electron chi connectivity index (χ3n) is 3.94. The van der Waals surface area contributed by atoms with E-state index in [0.717, 1.165) is 5.56 Å². The van der Waals surface area contributed by atoms with E-state index in [1.807, 2.05) is 4.90 Å². The Hall–Kier alpha value is -2.00. The largest absolute Gasteiger partial charge is 0.351 e. The van der Waals surface area contributed by atoms with Crippen LogP contribution in [-0.2, 0) is 21.1 Å². The Labute approximate surface area is 140 Å². The van der Waals surface area contributed by atoms with Crippen LogP contribution < -0.4 is 5.32 Å². The van der Waals surface area contributed by atoms with Gasteiger partial charge < -0.3 is 5.32 Å². The van der Waals surface area contributed by atoms with Crippen LogP contribution in [0.1, 0.15) is 12.0 Å². The Morgan fingerprint density at radius 2 is 2.04 bits per heavy atom. The summed E-state index contributed by atoms with van der Waals surface area (Å²) < 4.78 is 22.7. The minimum absolute atomic E-state index is 0.0191. The SMILES string of the molecule is CN(CCc1ccc([N+](=O)[O-])cc1)CC(=O)NC1CCS(=O)(=O)C1.